The van der Waals surface area contributed by atoms with Crippen LogP contribution in [0.4, 0.5) is 0 Å². The lowest BCUT2D eigenvalue weighted by Gasteiger charge is -2.18. The van der Waals surface area contributed by atoms with Gasteiger partial charge in [0, 0.05) is 22.3 Å². The summed E-state index contributed by atoms with van der Waals surface area (Å²) >= 11 is 0. The number of aryl methyl sites for hydroxylation is 2. The second kappa shape index (κ2) is 21.9. The van der Waals surface area contributed by atoms with Crippen molar-refractivity contribution in [2.24, 2.45) is 0 Å². The van der Waals surface area contributed by atoms with Gasteiger partial charge in [0.15, 0.2) is 0 Å². The van der Waals surface area contributed by atoms with E-state index < -0.39 is 0 Å². The monoisotopic (exact) mass is 781 g/mol. The van der Waals surface area contributed by atoms with Crippen molar-refractivity contribution in [1.82, 2.24) is 0 Å². The number of benzene rings is 6. The zero-order chi connectivity index (χ0) is 40.7. The normalized spacial score (nSPS) is 11.5. The fourth-order valence-corrected chi connectivity index (χ4v) is 8.71. The largest absolute Gasteiger partial charge is 0.496 e. The maximum absolute atomic E-state index is 6.10. The summed E-state index contributed by atoms with van der Waals surface area (Å²) in [6.45, 7) is 4.56. The maximum atomic E-state index is 6.10. The summed E-state index contributed by atoms with van der Waals surface area (Å²) in [6, 6.07) is 31.3. The summed E-state index contributed by atoms with van der Waals surface area (Å²) in [7, 11) is 7.00. The molecule has 6 rings (SSSR count). The van der Waals surface area contributed by atoms with E-state index in [1.54, 1.807) is 28.4 Å². The number of fused-ring (bicyclic) bond motifs is 3. The van der Waals surface area contributed by atoms with Gasteiger partial charge in [0.1, 0.15) is 23.0 Å². The highest BCUT2D eigenvalue weighted by Crippen LogP contribution is 2.45. The molecule has 4 nitrogen and oxygen atoms in total. The number of hydrogen-bond donors (Lipinski definition) is 0. The van der Waals surface area contributed by atoms with E-state index in [0.29, 0.717) is 0 Å². The molecule has 4 heteroatoms. The number of ether oxygens (including phenoxy) is 4. The Morgan fingerprint density at radius 1 is 0.293 bits per heavy atom. The Hall–Kier alpha value is -4.70. The molecule has 0 aromatic heterocycles. The lowest BCUT2D eigenvalue weighted by atomic mass is 9.92. The minimum absolute atomic E-state index is 0.794. The van der Waals surface area contributed by atoms with E-state index in [1.165, 1.54) is 135 Å². The van der Waals surface area contributed by atoms with Gasteiger partial charge in [-0.3, -0.25) is 0 Å². The molecular formula is C54H68O4. The Morgan fingerprint density at radius 2 is 0.569 bits per heavy atom. The third-order valence-electron chi connectivity index (χ3n) is 12.1. The van der Waals surface area contributed by atoms with E-state index >= 15 is 0 Å². The predicted octanol–water partition coefficient (Wildman–Crippen LogP) is 15.9. The van der Waals surface area contributed by atoms with E-state index in [0.717, 1.165) is 68.9 Å². The topological polar surface area (TPSA) is 36.9 Å². The molecule has 0 bridgehead atoms. The first kappa shape index (κ1) is 42.9. The predicted molar refractivity (Wildman–Crippen MR) is 249 cm³/mol. The molecule has 0 saturated carbocycles. The van der Waals surface area contributed by atoms with Crippen molar-refractivity contribution in [3.05, 3.63) is 96.1 Å². The number of hydrogen-bond acceptors (Lipinski definition) is 4. The van der Waals surface area contributed by atoms with Crippen molar-refractivity contribution >= 4 is 32.3 Å². The smallest absolute Gasteiger partial charge is 0.127 e. The Balaban J connectivity index is 1.23. The van der Waals surface area contributed by atoms with Gasteiger partial charge >= 0.3 is 0 Å². The van der Waals surface area contributed by atoms with Crippen LogP contribution in [0.15, 0.2) is 84.9 Å². The molecule has 58 heavy (non-hydrogen) atoms. The maximum Gasteiger partial charge on any atom is 0.127 e. The van der Waals surface area contributed by atoms with Gasteiger partial charge in [0.25, 0.3) is 0 Å². The first-order chi connectivity index (χ1) is 28.5. The fourth-order valence-electron chi connectivity index (χ4n) is 8.71. The fraction of sp³-hybridized carbons (Fsp3) is 0.444. The average molecular weight is 781 g/mol. The summed E-state index contributed by atoms with van der Waals surface area (Å²) in [5.74, 6) is 3.25. The molecule has 0 radical (unpaired) electrons. The first-order valence-corrected chi connectivity index (χ1v) is 22.4. The first-order valence-electron chi connectivity index (χ1n) is 22.4. The highest BCUT2D eigenvalue weighted by atomic mass is 16.5. The molecule has 0 aliphatic carbocycles. The van der Waals surface area contributed by atoms with E-state index in [1.807, 2.05) is 0 Å². The summed E-state index contributed by atoms with van der Waals surface area (Å²) in [5.41, 5.74) is 6.76. The molecule has 0 N–H and O–H groups in total. The van der Waals surface area contributed by atoms with Crippen LogP contribution in [0.3, 0.4) is 0 Å². The van der Waals surface area contributed by atoms with Gasteiger partial charge in [-0.1, -0.05) is 140 Å². The Bertz CT molecular complexity index is 2080. The van der Waals surface area contributed by atoms with Gasteiger partial charge in [-0.05, 0) is 118 Å². The van der Waals surface area contributed by atoms with Gasteiger partial charge in [-0.25, -0.2) is 0 Å². The molecule has 0 saturated heterocycles. The second-order valence-electron chi connectivity index (χ2n) is 16.4. The van der Waals surface area contributed by atoms with Crippen LogP contribution in [0, 0.1) is 0 Å². The molecule has 0 atom stereocenters. The molecular weight excluding hydrogens is 713 g/mol. The van der Waals surface area contributed by atoms with E-state index in [2.05, 4.69) is 98.8 Å². The van der Waals surface area contributed by atoms with E-state index in [-0.39, 0.29) is 0 Å². The van der Waals surface area contributed by atoms with Crippen molar-refractivity contribution in [1.29, 1.82) is 0 Å². The van der Waals surface area contributed by atoms with E-state index in [4.69, 9.17) is 18.9 Å². The third kappa shape index (κ3) is 10.9. The molecule has 0 amide bonds. The number of rotatable bonds is 24. The van der Waals surface area contributed by atoms with Crippen LogP contribution in [-0.4, -0.2) is 28.4 Å². The Morgan fingerprint density at radius 3 is 0.879 bits per heavy atom. The zero-order valence-electron chi connectivity index (χ0n) is 36.4. The lowest BCUT2D eigenvalue weighted by molar-refractivity contribution is 0.410. The highest BCUT2D eigenvalue weighted by Gasteiger charge is 2.19. The number of unbranched alkanes of at least 4 members (excludes halogenated alkanes) is 14. The van der Waals surface area contributed by atoms with Crippen molar-refractivity contribution in [3.63, 3.8) is 0 Å². The van der Waals surface area contributed by atoms with Crippen LogP contribution in [0.5, 0.6) is 23.0 Å². The van der Waals surface area contributed by atoms with Gasteiger partial charge in [-0.2, -0.15) is 0 Å². The second-order valence-corrected chi connectivity index (χ2v) is 16.4. The standard InChI is InChI=1S/C54H68O4/c1-7-9-11-13-15-17-19-21-23-39-25-27-41-31-47(51(55-3)35-43(41)29-39)49-33-45-38-54(58-6)50(34-46(45)37-53(49)57-5)48-32-42-28-26-40(30-44(42)36-52(48)56-4)24-22-20-18-16-14-12-10-8-2/h25-38H,7-24H2,1-6H3. The van der Waals surface area contributed by atoms with Crippen LogP contribution in [0.25, 0.3) is 54.6 Å². The Kier molecular flexibility index (Phi) is 16.2. The average Bonchev–Trinajstić information content (AvgIpc) is 3.26. The van der Waals surface area contributed by atoms with Crippen LogP contribution in [0.1, 0.15) is 128 Å². The molecule has 6 aromatic rings. The molecule has 0 fully saturated rings. The molecule has 0 aliphatic heterocycles. The SMILES string of the molecule is CCCCCCCCCCc1ccc2cc(-c3cc4cc(OC)c(-c5cc6ccc(CCCCCCCCCC)cc6cc5OC)cc4cc3OC)c(OC)cc2c1. The summed E-state index contributed by atoms with van der Waals surface area (Å²) in [4.78, 5) is 0. The zero-order valence-corrected chi connectivity index (χ0v) is 36.4. The van der Waals surface area contributed by atoms with Gasteiger partial charge in [0.05, 0.1) is 28.4 Å². The molecule has 0 aliphatic rings. The minimum atomic E-state index is 0.794. The van der Waals surface area contributed by atoms with Crippen molar-refractivity contribution in [3.8, 4) is 45.3 Å². The van der Waals surface area contributed by atoms with Crippen molar-refractivity contribution < 1.29 is 18.9 Å². The van der Waals surface area contributed by atoms with Crippen LogP contribution < -0.4 is 18.9 Å². The molecule has 6 aromatic carbocycles. The van der Waals surface area contributed by atoms with E-state index in [9.17, 15) is 0 Å². The van der Waals surface area contributed by atoms with Crippen LogP contribution in [0.2, 0.25) is 0 Å². The van der Waals surface area contributed by atoms with Gasteiger partial charge in [-0.15, -0.1) is 0 Å². The van der Waals surface area contributed by atoms with Crippen molar-refractivity contribution in [2.45, 2.75) is 129 Å². The van der Waals surface area contributed by atoms with Gasteiger partial charge < -0.3 is 18.9 Å². The summed E-state index contributed by atoms with van der Waals surface area (Å²) in [5, 5.41) is 6.90. The third-order valence-corrected chi connectivity index (χ3v) is 12.1. The molecule has 0 spiro atoms. The highest BCUT2D eigenvalue weighted by molar-refractivity contribution is 6.00. The number of methoxy groups -OCH3 is 4. The quantitative estimate of drug-likeness (QED) is 0.0573. The summed E-state index contributed by atoms with van der Waals surface area (Å²) in [6.07, 6.45) is 23.6. The minimum Gasteiger partial charge on any atom is -0.496 e. The van der Waals surface area contributed by atoms with Crippen LogP contribution >= 0.6 is 0 Å². The Labute approximate surface area is 349 Å². The van der Waals surface area contributed by atoms with Crippen LogP contribution in [-0.2, 0) is 12.8 Å². The lowest BCUT2D eigenvalue weighted by Crippen LogP contribution is -1.96. The summed E-state index contributed by atoms with van der Waals surface area (Å²) < 4.78 is 24.3. The van der Waals surface area contributed by atoms with Gasteiger partial charge in [0.2, 0.25) is 0 Å². The molecule has 0 heterocycles. The molecule has 0 unspecified atom stereocenters. The van der Waals surface area contributed by atoms with Crippen molar-refractivity contribution in [2.75, 3.05) is 28.4 Å². The molecule has 308 valence electrons.